The van der Waals surface area contributed by atoms with Crippen LogP contribution in [0.3, 0.4) is 0 Å². The van der Waals surface area contributed by atoms with Crippen LogP contribution in [0.5, 0.6) is 5.75 Å². The van der Waals surface area contributed by atoms with Gasteiger partial charge in [0.2, 0.25) is 0 Å². The number of nitrogens with one attached hydrogen (secondary N) is 1. The molecule has 208 valence electrons. The Kier molecular flexibility index (Phi) is 10.4. The normalized spacial score (nSPS) is 14.0. The van der Waals surface area contributed by atoms with E-state index >= 15 is 0 Å². The number of rotatable bonds is 8. The summed E-state index contributed by atoms with van der Waals surface area (Å²) in [6.45, 7) is 10.6. The van der Waals surface area contributed by atoms with E-state index in [-0.39, 0.29) is 12.3 Å². The maximum Gasteiger partial charge on any atom is 0.304 e. The van der Waals surface area contributed by atoms with Gasteiger partial charge in [-0.3, -0.25) is 4.79 Å². The van der Waals surface area contributed by atoms with Gasteiger partial charge in [-0.05, 0) is 103 Å². The Balaban J connectivity index is 0.00000181. The van der Waals surface area contributed by atoms with Gasteiger partial charge in [-0.1, -0.05) is 56.2 Å². The Morgan fingerprint density at radius 1 is 1.05 bits per heavy atom. The van der Waals surface area contributed by atoms with E-state index in [0.29, 0.717) is 12.5 Å². The third-order valence-corrected chi connectivity index (χ3v) is 8.34. The maximum atomic E-state index is 11.2. The number of thiophene rings is 1. The monoisotopic (exact) mass is 553 g/mol. The number of carboxylic acids is 1. The molecule has 0 radical (unpaired) electrons. The van der Waals surface area contributed by atoms with Crippen LogP contribution in [0.1, 0.15) is 74.1 Å². The highest BCUT2D eigenvalue weighted by Gasteiger charge is 2.17. The van der Waals surface area contributed by atoms with Crippen LogP contribution in [-0.4, -0.2) is 24.2 Å². The van der Waals surface area contributed by atoms with Gasteiger partial charge in [-0.15, -0.1) is 17.3 Å². The third kappa shape index (κ3) is 7.13. The lowest BCUT2D eigenvalue weighted by Crippen LogP contribution is -2.26. The van der Waals surface area contributed by atoms with Crippen LogP contribution < -0.4 is 10.1 Å². The summed E-state index contributed by atoms with van der Waals surface area (Å²) in [5.74, 6) is 6.07. The van der Waals surface area contributed by atoms with Crippen LogP contribution in [0.2, 0.25) is 0 Å². The minimum atomic E-state index is -0.853. The van der Waals surface area contributed by atoms with E-state index in [1.165, 1.54) is 45.2 Å². The number of aliphatic carboxylic acids is 1. The summed E-state index contributed by atoms with van der Waals surface area (Å²) in [7, 11) is 0. The first kappa shape index (κ1) is 29.4. The van der Waals surface area contributed by atoms with Crippen molar-refractivity contribution in [2.45, 2.75) is 65.4 Å². The highest BCUT2D eigenvalue weighted by atomic mass is 32.1. The molecule has 0 amide bonds. The largest absolute Gasteiger partial charge is 0.489 e. The first-order valence-electron chi connectivity index (χ1n) is 14.2. The van der Waals surface area contributed by atoms with Crippen molar-refractivity contribution in [2.75, 3.05) is 13.1 Å². The zero-order valence-corrected chi connectivity index (χ0v) is 24.7. The van der Waals surface area contributed by atoms with Crippen molar-refractivity contribution in [2.24, 2.45) is 0 Å². The molecule has 0 spiro atoms. The molecule has 1 aromatic heterocycles. The van der Waals surface area contributed by atoms with Crippen LogP contribution in [0, 0.1) is 18.8 Å². The molecule has 4 nitrogen and oxygen atoms in total. The maximum absolute atomic E-state index is 11.2. The minimum Gasteiger partial charge on any atom is -0.489 e. The predicted molar refractivity (Wildman–Crippen MR) is 167 cm³/mol. The standard InChI is InChI=1S/C33H33NO3S.C2H6/c1-3-4-26(19-33(35)36)24-6-9-28(10-7-24)37-20-23-5-12-32-30(18-23)31(21-38-32)29-11-8-27(17-22(29)2)25-13-15-34-16-14-25;1-2/h5-12,17-18,21,25-26,34H,13-16,19-20H2,1-2H3,(H,35,36);1-2H3. The number of ether oxygens (including phenoxy) is 1. The van der Waals surface area contributed by atoms with E-state index in [1.54, 1.807) is 18.3 Å². The molecule has 1 fully saturated rings. The minimum absolute atomic E-state index is 0.00963. The second-order valence-electron chi connectivity index (χ2n) is 9.98. The molecule has 0 saturated carbocycles. The van der Waals surface area contributed by atoms with Gasteiger partial charge >= 0.3 is 5.97 Å². The van der Waals surface area contributed by atoms with Gasteiger partial charge in [0, 0.05) is 15.6 Å². The molecule has 5 heteroatoms. The molecule has 3 aromatic carbocycles. The molecular weight excluding hydrogens is 514 g/mol. The van der Waals surface area contributed by atoms with Gasteiger partial charge in [-0.25, -0.2) is 0 Å². The number of carboxylic acid groups (broad SMARTS) is 1. The number of piperidine rings is 1. The zero-order chi connectivity index (χ0) is 28.5. The second kappa shape index (κ2) is 14.2. The van der Waals surface area contributed by atoms with Gasteiger partial charge < -0.3 is 15.2 Å². The van der Waals surface area contributed by atoms with Crippen LogP contribution in [-0.2, 0) is 11.4 Å². The number of hydrogen-bond acceptors (Lipinski definition) is 4. The zero-order valence-electron chi connectivity index (χ0n) is 23.9. The lowest BCUT2D eigenvalue weighted by Gasteiger charge is -2.23. The molecule has 0 bridgehead atoms. The van der Waals surface area contributed by atoms with Gasteiger partial charge in [-0.2, -0.15) is 0 Å². The molecule has 2 N–H and O–H groups in total. The van der Waals surface area contributed by atoms with Crippen molar-refractivity contribution in [3.05, 3.63) is 88.3 Å². The second-order valence-corrected chi connectivity index (χ2v) is 10.9. The summed E-state index contributed by atoms with van der Waals surface area (Å²) >= 11 is 1.78. The molecule has 1 atom stereocenters. The molecule has 1 unspecified atom stereocenters. The molecule has 1 saturated heterocycles. The van der Waals surface area contributed by atoms with E-state index < -0.39 is 5.97 Å². The summed E-state index contributed by atoms with van der Waals surface area (Å²) in [6.07, 6.45) is 2.41. The summed E-state index contributed by atoms with van der Waals surface area (Å²) in [5.41, 5.74) is 7.38. The van der Waals surface area contributed by atoms with E-state index in [1.807, 2.05) is 38.1 Å². The van der Waals surface area contributed by atoms with Crippen molar-refractivity contribution in [3.63, 3.8) is 0 Å². The summed E-state index contributed by atoms with van der Waals surface area (Å²) in [5, 5.41) is 16.2. The van der Waals surface area contributed by atoms with Gasteiger partial charge in [0.15, 0.2) is 0 Å². The quantitative estimate of drug-likeness (QED) is 0.215. The lowest BCUT2D eigenvalue weighted by atomic mass is 9.87. The highest BCUT2D eigenvalue weighted by molar-refractivity contribution is 7.17. The van der Waals surface area contributed by atoms with E-state index in [4.69, 9.17) is 4.74 Å². The Hall–Kier alpha value is -3.59. The summed E-state index contributed by atoms with van der Waals surface area (Å²) in [4.78, 5) is 11.2. The predicted octanol–water partition coefficient (Wildman–Crippen LogP) is 8.53. The fourth-order valence-electron chi connectivity index (χ4n) is 5.34. The average Bonchev–Trinajstić information content (AvgIpc) is 3.40. The first-order valence-corrected chi connectivity index (χ1v) is 15.1. The Bertz CT molecular complexity index is 1490. The van der Waals surface area contributed by atoms with Gasteiger partial charge in [0.05, 0.1) is 12.3 Å². The van der Waals surface area contributed by atoms with Crippen molar-refractivity contribution in [1.29, 1.82) is 0 Å². The van der Waals surface area contributed by atoms with Crippen molar-refractivity contribution in [3.8, 4) is 28.7 Å². The summed E-state index contributed by atoms with van der Waals surface area (Å²) in [6, 6.07) is 21.2. The van der Waals surface area contributed by atoms with Crippen LogP contribution in [0.25, 0.3) is 21.2 Å². The van der Waals surface area contributed by atoms with Crippen molar-refractivity contribution < 1.29 is 14.6 Å². The Labute approximate surface area is 242 Å². The average molecular weight is 554 g/mol. The SMILES string of the molecule is CC.CC#CC(CC(=O)O)c1ccc(OCc2ccc3scc(-c4ccc(C5CCNCC5)cc4C)c3c2)cc1. The fourth-order valence-corrected chi connectivity index (χ4v) is 6.28. The topological polar surface area (TPSA) is 58.6 Å². The van der Waals surface area contributed by atoms with Crippen LogP contribution in [0.15, 0.2) is 66.0 Å². The van der Waals surface area contributed by atoms with E-state index in [2.05, 4.69) is 65.9 Å². The molecule has 2 heterocycles. The molecular formula is C35H39NO3S. The molecule has 0 aliphatic carbocycles. The highest BCUT2D eigenvalue weighted by Crippen LogP contribution is 2.38. The number of hydrogen-bond donors (Lipinski definition) is 2. The number of fused-ring (bicyclic) bond motifs is 1. The third-order valence-electron chi connectivity index (χ3n) is 7.37. The van der Waals surface area contributed by atoms with E-state index in [9.17, 15) is 9.90 Å². The van der Waals surface area contributed by atoms with Gasteiger partial charge in [0.1, 0.15) is 12.4 Å². The van der Waals surface area contributed by atoms with Crippen LogP contribution in [0.4, 0.5) is 0 Å². The van der Waals surface area contributed by atoms with Crippen molar-refractivity contribution >= 4 is 27.4 Å². The van der Waals surface area contributed by atoms with E-state index in [0.717, 1.165) is 30.0 Å². The summed E-state index contributed by atoms with van der Waals surface area (Å²) < 4.78 is 7.37. The Morgan fingerprint density at radius 2 is 1.80 bits per heavy atom. The number of benzene rings is 3. The first-order chi connectivity index (χ1) is 19.5. The number of aryl methyl sites for hydroxylation is 1. The molecule has 1 aliphatic heterocycles. The molecule has 4 aromatic rings. The fraction of sp³-hybridized carbons (Fsp3) is 0.343. The Morgan fingerprint density at radius 3 is 2.48 bits per heavy atom. The van der Waals surface area contributed by atoms with Crippen molar-refractivity contribution in [1.82, 2.24) is 5.32 Å². The molecule has 1 aliphatic rings. The van der Waals surface area contributed by atoms with Crippen LogP contribution >= 0.6 is 11.3 Å². The molecule has 5 rings (SSSR count). The molecule has 40 heavy (non-hydrogen) atoms. The number of carbonyl (C=O) groups is 1. The smallest absolute Gasteiger partial charge is 0.304 e. The lowest BCUT2D eigenvalue weighted by molar-refractivity contribution is -0.137. The van der Waals surface area contributed by atoms with Gasteiger partial charge in [0.25, 0.3) is 0 Å².